The summed E-state index contributed by atoms with van der Waals surface area (Å²) in [6.45, 7) is 4.18. The standard InChI is InChI=1S/C14H22FNS/c1-4-7-17-10-14(16-3)9-12-5-6-13(15)8-11(12)2/h5-6,8,14,16H,4,7,9-10H2,1-3H3. The number of rotatable bonds is 7. The van der Waals surface area contributed by atoms with Crippen molar-refractivity contribution in [2.24, 2.45) is 0 Å². The summed E-state index contributed by atoms with van der Waals surface area (Å²) >= 11 is 1.98. The van der Waals surface area contributed by atoms with Crippen LogP contribution in [0.25, 0.3) is 0 Å². The number of likely N-dealkylation sites (N-methyl/N-ethyl adjacent to an activating group) is 1. The lowest BCUT2D eigenvalue weighted by atomic mass is 10.0. The first-order valence-corrected chi connectivity index (χ1v) is 7.32. The number of nitrogens with one attached hydrogen (secondary N) is 1. The first-order chi connectivity index (χ1) is 8.17. The average Bonchev–Trinajstić information content (AvgIpc) is 2.31. The molecule has 1 nitrogen and oxygen atoms in total. The van der Waals surface area contributed by atoms with Crippen molar-refractivity contribution in [1.82, 2.24) is 5.32 Å². The number of halogens is 1. The third-order valence-corrected chi connectivity index (χ3v) is 4.18. The largest absolute Gasteiger partial charge is 0.316 e. The summed E-state index contributed by atoms with van der Waals surface area (Å²) in [6.07, 6.45) is 2.19. The van der Waals surface area contributed by atoms with Crippen molar-refractivity contribution in [3.05, 3.63) is 35.1 Å². The first kappa shape index (κ1) is 14.5. The second kappa shape index (κ2) is 7.72. The van der Waals surface area contributed by atoms with Gasteiger partial charge in [-0.25, -0.2) is 4.39 Å². The highest BCUT2D eigenvalue weighted by molar-refractivity contribution is 7.99. The Balaban J connectivity index is 2.54. The SMILES string of the molecule is CCCSCC(Cc1ccc(F)cc1C)NC. The van der Waals surface area contributed by atoms with E-state index in [1.165, 1.54) is 17.7 Å². The van der Waals surface area contributed by atoms with Crippen LogP contribution in [-0.4, -0.2) is 24.6 Å². The van der Waals surface area contributed by atoms with Crippen molar-refractivity contribution in [3.63, 3.8) is 0 Å². The normalized spacial score (nSPS) is 12.7. The fraction of sp³-hybridized carbons (Fsp3) is 0.571. The average molecular weight is 255 g/mol. The van der Waals surface area contributed by atoms with Gasteiger partial charge in [-0.1, -0.05) is 13.0 Å². The van der Waals surface area contributed by atoms with Crippen LogP contribution in [0.3, 0.4) is 0 Å². The molecule has 1 aromatic rings. The molecule has 1 rings (SSSR count). The summed E-state index contributed by atoms with van der Waals surface area (Å²) in [7, 11) is 2.00. The highest BCUT2D eigenvalue weighted by Gasteiger charge is 2.09. The van der Waals surface area contributed by atoms with Crippen LogP contribution in [0.1, 0.15) is 24.5 Å². The molecule has 0 aromatic heterocycles. The Hall–Kier alpha value is -0.540. The molecule has 0 fully saturated rings. The topological polar surface area (TPSA) is 12.0 Å². The zero-order valence-electron chi connectivity index (χ0n) is 10.9. The van der Waals surface area contributed by atoms with Crippen molar-refractivity contribution in [1.29, 1.82) is 0 Å². The third kappa shape index (κ3) is 5.09. The van der Waals surface area contributed by atoms with Gasteiger partial charge in [0, 0.05) is 11.8 Å². The minimum absolute atomic E-state index is 0.146. The maximum Gasteiger partial charge on any atom is 0.123 e. The summed E-state index contributed by atoms with van der Waals surface area (Å²) in [6, 6.07) is 5.53. The molecule has 0 aliphatic carbocycles. The van der Waals surface area contributed by atoms with Gasteiger partial charge in [0.15, 0.2) is 0 Å². The molecule has 1 atom stereocenters. The first-order valence-electron chi connectivity index (χ1n) is 6.17. The number of benzene rings is 1. The second-order valence-electron chi connectivity index (χ2n) is 4.34. The van der Waals surface area contributed by atoms with Gasteiger partial charge in [-0.3, -0.25) is 0 Å². The molecule has 0 heterocycles. The minimum atomic E-state index is -0.146. The van der Waals surface area contributed by atoms with Crippen molar-refractivity contribution >= 4 is 11.8 Å². The monoisotopic (exact) mass is 255 g/mol. The number of hydrogen-bond acceptors (Lipinski definition) is 2. The molecule has 3 heteroatoms. The van der Waals surface area contributed by atoms with Crippen LogP contribution >= 0.6 is 11.8 Å². The highest BCUT2D eigenvalue weighted by Crippen LogP contribution is 2.14. The minimum Gasteiger partial charge on any atom is -0.316 e. The Kier molecular flexibility index (Phi) is 6.60. The van der Waals surface area contributed by atoms with Crippen LogP contribution in [-0.2, 0) is 6.42 Å². The molecule has 0 aliphatic rings. The lowest BCUT2D eigenvalue weighted by molar-refractivity contribution is 0.607. The van der Waals surface area contributed by atoms with E-state index in [1.54, 1.807) is 12.1 Å². The van der Waals surface area contributed by atoms with Gasteiger partial charge in [-0.05, 0) is 55.8 Å². The van der Waals surface area contributed by atoms with Gasteiger partial charge >= 0.3 is 0 Å². The Morgan fingerprint density at radius 1 is 1.41 bits per heavy atom. The predicted molar refractivity (Wildman–Crippen MR) is 75.3 cm³/mol. The van der Waals surface area contributed by atoms with Gasteiger partial charge in [0.25, 0.3) is 0 Å². The number of hydrogen-bond donors (Lipinski definition) is 1. The molecular weight excluding hydrogens is 233 g/mol. The van der Waals surface area contributed by atoms with Gasteiger partial charge in [-0.15, -0.1) is 0 Å². The van der Waals surface area contributed by atoms with Gasteiger partial charge < -0.3 is 5.32 Å². The Bertz CT molecular complexity index is 341. The van der Waals surface area contributed by atoms with E-state index in [-0.39, 0.29) is 5.82 Å². The molecule has 0 saturated heterocycles. The van der Waals surface area contributed by atoms with E-state index >= 15 is 0 Å². The molecule has 1 aromatic carbocycles. The summed E-state index contributed by atoms with van der Waals surface area (Å²) < 4.78 is 13.0. The van der Waals surface area contributed by atoms with Crippen molar-refractivity contribution in [2.75, 3.05) is 18.6 Å². The molecule has 0 radical (unpaired) electrons. The molecule has 1 unspecified atom stereocenters. The molecule has 0 aliphatic heterocycles. The third-order valence-electron chi connectivity index (χ3n) is 2.85. The number of thioether (sulfide) groups is 1. The van der Waals surface area contributed by atoms with Gasteiger partial charge in [0.2, 0.25) is 0 Å². The van der Waals surface area contributed by atoms with Gasteiger partial charge in [-0.2, -0.15) is 11.8 Å². The van der Waals surface area contributed by atoms with Crippen LogP contribution in [0.4, 0.5) is 4.39 Å². The quantitative estimate of drug-likeness (QED) is 0.749. The molecule has 1 N–H and O–H groups in total. The summed E-state index contributed by atoms with van der Waals surface area (Å²) in [4.78, 5) is 0. The summed E-state index contributed by atoms with van der Waals surface area (Å²) in [5, 5.41) is 3.34. The zero-order chi connectivity index (χ0) is 12.7. The molecule has 0 amide bonds. The van der Waals surface area contributed by atoms with Crippen LogP contribution in [0.5, 0.6) is 0 Å². The van der Waals surface area contributed by atoms with E-state index in [4.69, 9.17) is 0 Å². The van der Waals surface area contributed by atoms with E-state index in [0.717, 1.165) is 17.7 Å². The van der Waals surface area contributed by atoms with Crippen molar-refractivity contribution in [2.45, 2.75) is 32.7 Å². The zero-order valence-corrected chi connectivity index (χ0v) is 11.7. The van der Waals surface area contributed by atoms with E-state index in [9.17, 15) is 4.39 Å². The second-order valence-corrected chi connectivity index (χ2v) is 5.49. The molecule has 0 bridgehead atoms. The molecular formula is C14H22FNS. The van der Waals surface area contributed by atoms with E-state index in [1.807, 2.05) is 31.8 Å². The van der Waals surface area contributed by atoms with Crippen LogP contribution in [0.15, 0.2) is 18.2 Å². The van der Waals surface area contributed by atoms with Crippen LogP contribution < -0.4 is 5.32 Å². The lowest BCUT2D eigenvalue weighted by Gasteiger charge is -2.17. The molecule has 0 spiro atoms. The Morgan fingerprint density at radius 2 is 2.18 bits per heavy atom. The van der Waals surface area contributed by atoms with Gasteiger partial charge in [0.05, 0.1) is 0 Å². The fourth-order valence-corrected chi connectivity index (χ4v) is 2.79. The Morgan fingerprint density at radius 3 is 2.76 bits per heavy atom. The highest BCUT2D eigenvalue weighted by atomic mass is 32.2. The van der Waals surface area contributed by atoms with E-state index in [2.05, 4.69) is 12.2 Å². The van der Waals surface area contributed by atoms with Crippen molar-refractivity contribution < 1.29 is 4.39 Å². The summed E-state index contributed by atoms with van der Waals surface area (Å²) in [5.41, 5.74) is 2.29. The Labute approximate surface area is 108 Å². The number of aryl methyl sites for hydroxylation is 1. The molecule has 17 heavy (non-hydrogen) atoms. The maximum absolute atomic E-state index is 13.0. The van der Waals surface area contributed by atoms with Crippen LogP contribution in [0, 0.1) is 12.7 Å². The smallest absolute Gasteiger partial charge is 0.123 e. The molecule has 96 valence electrons. The maximum atomic E-state index is 13.0. The fourth-order valence-electron chi connectivity index (χ4n) is 1.77. The van der Waals surface area contributed by atoms with Crippen molar-refractivity contribution in [3.8, 4) is 0 Å². The van der Waals surface area contributed by atoms with Crippen LogP contribution in [0.2, 0.25) is 0 Å². The summed E-state index contributed by atoms with van der Waals surface area (Å²) in [5.74, 6) is 2.18. The van der Waals surface area contributed by atoms with E-state index in [0.29, 0.717) is 6.04 Å². The lowest BCUT2D eigenvalue weighted by Crippen LogP contribution is -2.30. The van der Waals surface area contributed by atoms with E-state index < -0.39 is 0 Å². The molecule has 0 saturated carbocycles. The van der Waals surface area contributed by atoms with Gasteiger partial charge in [0.1, 0.15) is 5.82 Å². The predicted octanol–water partition coefficient (Wildman–Crippen LogP) is 3.41.